The molecule has 0 N–H and O–H groups in total. The quantitative estimate of drug-likeness (QED) is 0.727. The highest BCUT2D eigenvalue weighted by atomic mass is 35.5. The zero-order chi connectivity index (χ0) is 13.7. The number of alkyl halides is 1. The Balaban J connectivity index is 1.82. The smallest absolute Gasteiger partial charge is 0.129 e. The fourth-order valence-electron chi connectivity index (χ4n) is 2.45. The van der Waals surface area contributed by atoms with E-state index in [0.29, 0.717) is 0 Å². The number of ether oxygens (including phenoxy) is 1. The average molecular weight is 289 g/mol. The Morgan fingerprint density at radius 3 is 2.63 bits per heavy atom. The summed E-state index contributed by atoms with van der Waals surface area (Å²) in [6.45, 7) is 0.819. The van der Waals surface area contributed by atoms with Crippen LogP contribution in [0.2, 0.25) is 0 Å². The zero-order valence-electron chi connectivity index (χ0n) is 10.9. The molecular weight excluding hydrogens is 270 g/mol. The van der Waals surface area contributed by atoms with E-state index in [1.54, 1.807) is 0 Å². The van der Waals surface area contributed by atoms with Crippen molar-refractivity contribution in [1.29, 1.82) is 0 Å². The van der Waals surface area contributed by atoms with Crippen molar-refractivity contribution in [1.82, 2.24) is 0 Å². The fourth-order valence-corrected chi connectivity index (χ4v) is 2.73. The van der Waals surface area contributed by atoms with Crippen molar-refractivity contribution < 1.29 is 13.5 Å². The minimum Gasteiger partial charge on any atom is -0.378 e. The maximum absolute atomic E-state index is 13.5. The molecule has 106 valence electrons. The van der Waals surface area contributed by atoms with Gasteiger partial charge in [-0.15, -0.1) is 11.6 Å². The van der Waals surface area contributed by atoms with E-state index in [2.05, 4.69) is 0 Å². The summed E-state index contributed by atoms with van der Waals surface area (Å²) in [5.74, 6) is -1.03. The van der Waals surface area contributed by atoms with Crippen molar-refractivity contribution in [2.45, 2.75) is 50.0 Å². The molecule has 0 amide bonds. The van der Waals surface area contributed by atoms with E-state index in [4.69, 9.17) is 16.3 Å². The maximum atomic E-state index is 13.5. The van der Waals surface area contributed by atoms with Crippen LogP contribution in [0, 0.1) is 11.6 Å². The molecule has 2 unspecified atom stereocenters. The van der Waals surface area contributed by atoms with Crippen LogP contribution in [0.3, 0.4) is 0 Å². The number of hydrogen-bond acceptors (Lipinski definition) is 1. The second-order valence-corrected chi connectivity index (χ2v) is 5.68. The molecule has 2 atom stereocenters. The summed E-state index contributed by atoms with van der Waals surface area (Å²) in [6, 6.07) is 3.91. The van der Waals surface area contributed by atoms with E-state index in [1.807, 2.05) is 0 Å². The van der Waals surface area contributed by atoms with Crippen LogP contribution in [-0.2, 0) is 11.2 Å². The number of rotatable bonds is 5. The van der Waals surface area contributed by atoms with Gasteiger partial charge in [-0.25, -0.2) is 8.78 Å². The number of benzene rings is 1. The topological polar surface area (TPSA) is 9.23 Å². The minimum absolute atomic E-state index is 0.0899. The van der Waals surface area contributed by atoms with Gasteiger partial charge in [0.05, 0.1) is 6.10 Å². The summed E-state index contributed by atoms with van der Waals surface area (Å²) in [4.78, 5) is 0. The molecule has 1 nitrogen and oxygen atoms in total. The lowest BCUT2D eigenvalue weighted by Crippen LogP contribution is -2.20. The van der Waals surface area contributed by atoms with Crippen molar-refractivity contribution in [2.75, 3.05) is 6.61 Å². The van der Waals surface area contributed by atoms with E-state index in [0.717, 1.165) is 32.3 Å². The molecule has 19 heavy (non-hydrogen) atoms. The summed E-state index contributed by atoms with van der Waals surface area (Å²) >= 11 is 6.19. The lowest BCUT2D eigenvalue weighted by Gasteiger charge is -2.23. The molecule has 0 bridgehead atoms. The van der Waals surface area contributed by atoms with Crippen LogP contribution in [0.4, 0.5) is 8.78 Å². The molecule has 1 heterocycles. The van der Waals surface area contributed by atoms with Crippen LogP contribution in [0.15, 0.2) is 18.2 Å². The van der Waals surface area contributed by atoms with Gasteiger partial charge in [-0.1, -0.05) is 6.07 Å². The first-order chi connectivity index (χ1) is 9.16. The highest BCUT2D eigenvalue weighted by Gasteiger charge is 2.18. The average Bonchev–Trinajstić information content (AvgIpc) is 2.42. The van der Waals surface area contributed by atoms with Crippen LogP contribution in [0.25, 0.3) is 0 Å². The molecule has 2 rings (SSSR count). The van der Waals surface area contributed by atoms with Gasteiger partial charge >= 0.3 is 0 Å². The second-order valence-electron chi connectivity index (χ2n) is 5.07. The minimum atomic E-state index is -0.514. The Morgan fingerprint density at radius 1 is 1.26 bits per heavy atom. The highest BCUT2D eigenvalue weighted by Crippen LogP contribution is 2.22. The van der Waals surface area contributed by atoms with Crippen LogP contribution < -0.4 is 0 Å². The van der Waals surface area contributed by atoms with E-state index >= 15 is 0 Å². The first-order valence-corrected chi connectivity index (χ1v) is 7.29. The monoisotopic (exact) mass is 288 g/mol. The second kappa shape index (κ2) is 7.20. The van der Waals surface area contributed by atoms with Crippen LogP contribution >= 0.6 is 11.6 Å². The van der Waals surface area contributed by atoms with E-state index < -0.39 is 11.6 Å². The van der Waals surface area contributed by atoms with Gasteiger partial charge in [0, 0.05) is 17.5 Å². The highest BCUT2D eigenvalue weighted by molar-refractivity contribution is 6.20. The lowest BCUT2D eigenvalue weighted by atomic mass is 10.0. The number of hydrogen-bond donors (Lipinski definition) is 0. The summed E-state index contributed by atoms with van der Waals surface area (Å²) in [5.41, 5.74) is 0.0899. The van der Waals surface area contributed by atoms with Gasteiger partial charge in [0.15, 0.2) is 0 Å². The summed E-state index contributed by atoms with van der Waals surface area (Å²) in [6.07, 6.45) is 5.47. The first kappa shape index (κ1) is 14.7. The predicted molar refractivity (Wildman–Crippen MR) is 72.5 cm³/mol. The maximum Gasteiger partial charge on any atom is 0.129 e. The Labute approximate surface area is 117 Å². The SMILES string of the molecule is Fc1cccc(F)c1CC(Cl)CCC1CCCCO1. The third-order valence-corrected chi connectivity index (χ3v) is 3.94. The van der Waals surface area contributed by atoms with Crippen LogP contribution in [0.5, 0.6) is 0 Å². The van der Waals surface area contributed by atoms with Crippen molar-refractivity contribution in [3.05, 3.63) is 35.4 Å². The van der Waals surface area contributed by atoms with Crippen LogP contribution in [-0.4, -0.2) is 18.1 Å². The normalized spacial score (nSPS) is 21.3. The molecule has 1 fully saturated rings. The molecule has 0 spiro atoms. The molecule has 4 heteroatoms. The molecular formula is C15H19ClF2O. The van der Waals surface area contributed by atoms with Crippen molar-refractivity contribution in [2.24, 2.45) is 0 Å². The predicted octanol–water partition coefficient (Wildman–Crippen LogP) is 4.46. The first-order valence-electron chi connectivity index (χ1n) is 6.85. The largest absolute Gasteiger partial charge is 0.378 e. The fraction of sp³-hybridized carbons (Fsp3) is 0.600. The molecule has 1 aliphatic rings. The third kappa shape index (κ3) is 4.43. The Hall–Kier alpha value is -0.670. The van der Waals surface area contributed by atoms with Crippen molar-refractivity contribution >= 4 is 11.6 Å². The molecule has 1 saturated heterocycles. The molecule has 0 aromatic heterocycles. The van der Waals surface area contributed by atoms with Crippen molar-refractivity contribution in [3.8, 4) is 0 Å². The third-order valence-electron chi connectivity index (χ3n) is 3.56. The van der Waals surface area contributed by atoms with E-state index in [9.17, 15) is 8.78 Å². The van der Waals surface area contributed by atoms with Gasteiger partial charge in [0.2, 0.25) is 0 Å². The van der Waals surface area contributed by atoms with Gasteiger partial charge in [-0.2, -0.15) is 0 Å². The van der Waals surface area contributed by atoms with Crippen molar-refractivity contribution in [3.63, 3.8) is 0 Å². The Bertz CT molecular complexity index is 385. The molecule has 0 saturated carbocycles. The van der Waals surface area contributed by atoms with Crippen LogP contribution in [0.1, 0.15) is 37.7 Å². The Morgan fingerprint density at radius 2 is 2.00 bits per heavy atom. The van der Waals surface area contributed by atoms with Gasteiger partial charge in [-0.3, -0.25) is 0 Å². The van der Waals surface area contributed by atoms with Gasteiger partial charge < -0.3 is 4.74 Å². The molecule has 1 aromatic rings. The Kier molecular flexibility index (Phi) is 5.59. The molecule has 0 radical (unpaired) electrons. The van der Waals surface area contributed by atoms with E-state index in [1.165, 1.54) is 24.6 Å². The molecule has 1 aromatic carbocycles. The zero-order valence-corrected chi connectivity index (χ0v) is 11.6. The molecule has 0 aliphatic carbocycles. The lowest BCUT2D eigenvalue weighted by molar-refractivity contribution is 0.0100. The summed E-state index contributed by atoms with van der Waals surface area (Å²) < 4.78 is 32.6. The standard InChI is InChI=1S/C15H19ClF2O/c16-11(7-8-12-4-1-2-9-19-12)10-13-14(17)5-3-6-15(13)18/h3,5-6,11-12H,1-2,4,7-10H2. The van der Waals surface area contributed by atoms with Gasteiger partial charge in [0.1, 0.15) is 11.6 Å². The summed E-state index contributed by atoms with van der Waals surface area (Å²) in [5, 5.41) is -0.253. The summed E-state index contributed by atoms with van der Waals surface area (Å²) in [7, 11) is 0. The molecule has 1 aliphatic heterocycles. The van der Waals surface area contributed by atoms with E-state index in [-0.39, 0.29) is 23.5 Å². The van der Waals surface area contributed by atoms with Gasteiger partial charge in [-0.05, 0) is 50.7 Å². The number of halogens is 3. The van der Waals surface area contributed by atoms with Gasteiger partial charge in [0.25, 0.3) is 0 Å².